The fraction of sp³-hybridized carbons (Fsp3) is 0.0625. The van der Waals surface area contributed by atoms with Gasteiger partial charge < -0.3 is 4.40 Å². The van der Waals surface area contributed by atoms with Crippen LogP contribution in [0.5, 0.6) is 0 Å². The van der Waals surface area contributed by atoms with Crippen LogP contribution in [0.3, 0.4) is 0 Å². The second-order valence-electron chi connectivity index (χ2n) is 4.68. The van der Waals surface area contributed by atoms with Gasteiger partial charge in [0.1, 0.15) is 0 Å². The predicted molar refractivity (Wildman–Crippen MR) is 72.6 cm³/mol. The molecule has 3 aromatic rings. The molecule has 86 valence electrons. The lowest BCUT2D eigenvalue weighted by molar-refractivity contribution is -0.114. The van der Waals surface area contributed by atoms with Gasteiger partial charge in [-0.1, -0.05) is 24.3 Å². The number of nitrogens with zero attached hydrogens (tertiary/aromatic N) is 1. The van der Waals surface area contributed by atoms with Crippen molar-refractivity contribution in [1.29, 1.82) is 0 Å². The summed E-state index contributed by atoms with van der Waals surface area (Å²) in [5.41, 5.74) is 4.63. The highest BCUT2D eigenvalue weighted by molar-refractivity contribution is 6.01. The highest BCUT2D eigenvalue weighted by Gasteiger charge is 2.15. The number of pyridine rings is 1. The fourth-order valence-electron chi connectivity index (χ4n) is 2.74. The highest BCUT2D eigenvalue weighted by Crippen LogP contribution is 2.27. The van der Waals surface area contributed by atoms with Crippen molar-refractivity contribution < 1.29 is 4.79 Å². The molecule has 2 heteroatoms. The molecule has 18 heavy (non-hydrogen) atoms. The molecule has 0 bridgehead atoms. The Morgan fingerprint density at radius 2 is 1.89 bits per heavy atom. The zero-order valence-corrected chi connectivity index (χ0v) is 9.76. The van der Waals surface area contributed by atoms with Crippen molar-refractivity contribution >= 4 is 28.3 Å². The van der Waals surface area contributed by atoms with Crippen LogP contribution in [0.25, 0.3) is 22.5 Å². The number of rotatable bonds is 0. The van der Waals surface area contributed by atoms with Crippen LogP contribution in [0.4, 0.5) is 0 Å². The van der Waals surface area contributed by atoms with E-state index in [-0.39, 0.29) is 5.78 Å². The Balaban J connectivity index is 2.18. The van der Waals surface area contributed by atoms with Crippen LogP contribution in [0.15, 0.2) is 48.7 Å². The van der Waals surface area contributed by atoms with Gasteiger partial charge in [-0.15, -0.1) is 0 Å². The average molecular weight is 233 g/mol. The van der Waals surface area contributed by atoms with Crippen molar-refractivity contribution in [2.45, 2.75) is 6.42 Å². The third kappa shape index (κ3) is 1.20. The smallest absolute Gasteiger partial charge is 0.160 e. The summed E-state index contributed by atoms with van der Waals surface area (Å²) in [6.45, 7) is 0. The minimum absolute atomic E-state index is 0.181. The van der Waals surface area contributed by atoms with Crippen LogP contribution >= 0.6 is 0 Å². The lowest BCUT2D eigenvalue weighted by atomic mass is 9.97. The summed E-state index contributed by atoms with van der Waals surface area (Å²) in [4.78, 5) is 11.6. The number of benzene rings is 1. The molecule has 0 spiro atoms. The van der Waals surface area contributed by atoms with Gasteiger partial charge in [-0.25, -0.2) is 0 Å². The lowest BCUT2D eigenvalue weighted by Gasteiger charge is -2.11. The van der Waals surface area contributed by atoms with Gasteiger partial charge in [-0.3, -0.25) is 4.79 Å². The largest absolute Gasteiger partial charge is 0.316 e. The standard InChI is InChI=1S/C16H11NO/c18-13-6-5-11-7-8-17-15-4-2-1-3-12(15)9-16(17)14(11)10-13/h1-9H,10H2. The van der Waals surface area contributed by atoms with Crippen molar-refractivity contribution in [3.8, 4) is 0 Å². The predicted octanol–water partition coefficient (Wildman–Crippen LogP) is 3.23. The molecule has 1 aliphatic rings. The number of carbonyl (C=O) groups is 1. The van der Waals surface area contributed by atoms with Gasteiger partial charge in [-0.2, -0.15) is 0 Å². The van der Waals surface area contributed by atoms with Gasteiger partial charge in [0.15, 0.2) is 5.78 Å². The maximum Gasteiger partial charge on any atom is 0.160 e. The first kappa shape index (κ1) is 9.66. The van der Waals surface area contributed by atoms with E-state index in [1.165, 1.54) is 10.9 Å². The molecule has 0 saturated carbocycles. The number of carbonyl (C=O) groups excluding carboxylic acids is 1. The molecule has 0 fully saturated rings. The summed E-state index contributed by atoms with van der Waals surface area (Å²) in [6, 6.07) is 12.5. The first-order valence-corrected chi connectivity index (χ1v) is 6.05. The normalized spacial score (nSPS) is 14.3. The summed E-state index contributed by atoms with van der Waals surface area (Å²) in [7, 11) is 0. The van der Waals surface area contributed by atoms with Crippen LogP contribution in [0, 0.1) is 0 Å². The molecular formula is C16H11NO. The molecule has 1 aliphatic carbocycles. The van der Waals surface area contributed by atoms with Crippen LogP contribution in [0.2, 0.25) is 0 Å². The van der Waals surface area contributed by atoms with Crippen LogP contribution in [-0.4, -0.2) is 10.2 Å². The molecule has 1 aromatic carbocycles. The van der Waals surface area contributed by atoms with Gasteiger partial charge in [0, 0.05) is 18.0 Å². The zero-order chi connectivity index (χ0) is 12.1. The summed E-state index contributed by atoms with van der Waals surface area (Å²) in [6.07, 6.45) is 6.17. The van der Waals surface area contributed by atoms with Gasteiger partial charge in [0.2, 0.25) is 0 Å². The number of hydrogen-bond acceptors (Lipinski definition) is 1. The van der Waals surface area contributed by atoms with Crippen molar-refractivity contribution in [1.82, 2.24) is 4.40 Å². The lowest BCUT2D eigenvalue weighted by Crippen LogP contribution is -2.07. The summed E-state index contributed by atoms with van der Waals surface area (Å²) in [5, 5.41) is 1.22. The Morgan fingerprint density at radius 3 is 2.83 bits per heavy atom. The van der Waals surface area contributed by atoms with E-state index in [0.717, 1.165) is 16.6 Å². The van der Waals surface area contributed by atoms with Gasteiger partial charge in [0.25, 0.3) is 0 Å². The van der Waals surface area contributed by atoms with Gasteiger partial charge in [-0.05, 0) is 35.4 Å². The summed E-state index contributed by atoms with van der Waals surface area (Å²) < 4.78 is 2.17. The maximum atomic E-state index is 11.6. The molecule has 2 aromatic heterocycles. The molecule has 4 rings (SSSR count). The van der Waals surface area contributed by atoms with E-state index in [9.17, 15) is 4.79 Å². The van der Waals surface area contributed by atoms with E-state index < -0.39 is 0 Å². The second-order valence-corrected chi connectivity index (χ2v) is 4.68. The van der Waals surface area contributed by atoms with E-state index in [4.69, 9.17) is 0 Å². The summed E-state index contributed by atoms with van der Waals surface area (Å²) >= 11 is 0. The molecule has 0 atom stereocenters. The quantitative estimate of drug-likeness (QED) is 0.584. The van der Waals surface area contributed by atoms with E-state index in [1.54, 1.807) is 6.08 Å². The monoisotopic (exact) mass is 233 g/mol. The average Bonchev–Trinajstić information content (AvgIpc) is 2.78. The van der Waals surface area contributed by atoms with Crippen LogP contribution in [0.1, 0.15) is 11.1 Å². The Morgan fingerprint density at radius 1 is 1.00 bits per heavy atom. The van der Waals surface area contributed by atoms with Gasteiger partial charge >= 0.3 is 0 Å². The number of ketones is 1. The Kier molecular flexibility index (Phi) is 1.78. The van der Waals surface area contributed by atoms with E-state index in [2.05, 4.69) is 34.9 Å². The molecular weight excluding hydrogens is 222 g/mol. The molecule has 0 unspecified atom stereocenters. The third-order valence-electron chi connectivity index (χ3n) is 3.61. The van der Waals surface area contributed by atoms with Crippen molar-refractivity contribution in [3.63, 3.8) is 0 Å². The summed E-state index contributed by atoms with van der Waals surface area (Å²) in [5.74, 6) is 0.181. The molecule has 0 radical (unpaired) electrons. The minimum atomic E-state index is 0.181. The molecule has 2 nitrogen and oxygen atoms in total. The van der Waals surface area contributed by atoms with E-state index in [1.807, 2.05) is 18.2 Å². The van der Waals surface area contributed by atoms with E-state index >= 15 is 0 Å². The third-order valence-corrected chi connectivity index (χ3v) is 3.61. The Bertz CT molecular complexity index is 824. The second kappa shape index (κ2) is 3.33. The number of allylic oxidation sites excluding steroid dienone is 1. The number of hydrogen-bond donors (Lipinski definition) is 0. The first-order valence-electron chi connectivity index (χ1n) is 6.05. The number of para-hydroxylation sites is 1. The maximum absolute atomic E-state index is 11.6. The minimum Gasteiger partial charge on any atom is -0.316 e. The molecule has 2 heterocycles. The van der Waals surface area contributed by atoms with Crippen LogP contribution < -0.4 is 0 Å². The van der Waals surface area contributed by atoms with Crippen LogP contribution in [-0.2, 0) is 11.2 Å². The number of aromatic nitrogens is 1. The molecule has 0 saturated heterocycles. The fourth-order valence-corrected chi connectivity index (χ4v) is 2.74. The molecule has 0 aliphatic heterocycles. The SMILES string of the molecule is O=C1C=Cc2ccn3c(cc4ccccc43)c2C1. The topological polar surface area (TPSA) is 21.5 Å². The van der Waals surface area contributed by atoms with Gasteiger partial charge in [0.05, 0.1) is 11.0 Å². The number of fused-ring (bicyclic) bond motifs is 5. The molecule has 0 amide bonds. The van der Waals surface area contributed by atoms with Crippen molar-refractivity contribution in [2.75, 3.05) is 0 Å². The first-order chi connectivity index (χ1) is 8.83. The van der Waals surface area contributed by atoms with Crippen molar-refractivity contribution in [3.05, 3.63) is 59.8 Å². The Hall–Kier alpha value is -2.35. The molecule has 0 N–H and O–H groups in total. The zero-order valence-electron chi connectivity index (χ0n) is 9.76. The Labute approximate surface area is 104 Å². The van der Waals surface area contributed by atoms with E-state index in [0.29, 0.717) is 6.42 Å². The van der Waals surface area contributed by atoms with Crippen molar-refractivity contribution in [2.24, 2.45) is 0 Å². The highest BCUT2D eigenvalue weighted by atomic mass is 16.1.